The molecule has 3 aromatic carbocycles. The van der Waals surface area contributed by atoms with Crippen LogP contribution in [0.15, 0.2) is 66.7 Å². The van der Waals surface area contributed by atoms with Crippen LogP contribution in [0.2, 0.25) is 0 Å². The van der Waals surface area contributed by atoms with E-state index in [4.69, 9.17) is 9.47 Å². The molecular weight excluding hydrogens is 474 g/mol. The number of aryl methyl sites for hydroxylation is 2. The summed E-state index contributed by atoms with van der Waals surface area (Å²) in [5.41, 5.74) is 6.87. The van der Waals surface area contributed by atoms with E-state index in [0.717, 1.165) is 69.0 Å². The number of likely N-dealkylation sites (N-methyl/N-ethyl adjacent to an activating group) is 1. The van der Waals surface area contributed by atoms with Crippen molar-refractivity contribution in [3.8, 4) is 11.5 Å². The maximum atomic E-state index is 6.23. The van der Waals surface area contributed by atoms with Crippen LogP contribution in [-0.2, 0) is 0 Å². The molecule has 0 fully saturated rings. The maximum Gasteiger partial charge on any atom is 0.125 e. The van der Waals surface area contributed by atoms with E-state index in [9.17, 15) is 0 Å². The predicted octanol–water partition coefficient (Wildman–Crippen LogP) is 7.34. The lowest BCUT2D eigenvalue weighted by atomic mass is 9.93. The largest absolute Gasteiger partial charge is 0.497 e. The van der Waals surface area contributed by atoms with Gasteiger partial charge >= 0.3 is 0 Å². The second kappa shape index (κ2) is 12.1. The standard InChI is InChI=1S/C29H34BrNO2/c1-6-31(7-2)17-18-33-29-21(3)19-25(20-22(29)4)27(23-11-9-8-10-12-23)28(30)24-13-15-26(32-5)16-14-24/h8-16,19-20H,6-7,17-18H2,1-5H3. The summed E-state index contributed by atoms with van der Waals surface area (Å²) < 4.78 is 12.6. The van der Waals surface area contributed by atoms with Crippen LogP contribution in [0.4, 0.5) is 0 Å². The summed E-state index contributed by atoms with van der Waals surface area (Å²) in [6.45, 7) is 12.4. The molecule has 0 spiro atoms. The SMILES string of the molecule is CCN(CC)CCOc1c(C)cc(C(=C(Br)c2ccc(OC)cc2)c2ccccc2)cc1C. The van der Waals surface area contributed by atoms with Crippen molar-refractivity contribution in [1.82, 2.24) is 4.90 Å². The van der Waals surface area contributed by atoms with E-state index in [1.807, 2.05) is 18.2 Å². The Hall–Kier alpha value is -2.56. The molecule has 0 N–H and O–H groups in total. The average molecular weight is 509 g/mol. The van der Waals surface area contributed by atoms with Gasteiger partial charge in [-0.1, -0.05) is 56.3 Å². The van der Waals surface area contributed by atoms with Gasteiger partial charge in [-0.2, -0.15) is 0 Å². The van der Waals surface area contributed by atoms with Crippen LogP contribution >= 0.6 is 15.9 Å². The highest BCUT2D eigenvalue weighted by Crippen LogP contribution is 2.39. The molecule has 0 bridgehead atoms. The molecule has 3 nitrogen and oxygen atoms in total. The fourth-order valence-corrected chi connectivity index (χ4v) is 4.77. The molecule has 174 valence electrons. The Labute approximate surface area is 207 Å². The fraction of sp³-hybridized carbons (Fsp3) is 0.310. The van der Waals surface area contributed by atoms with Gasteiger partial charge in [0.15, 0.2) is 0 Å². The number of ether oxygens (including phenoxy) is 2. The van der Waals surface area contributed by atoms with Gasteiger partial charge in [-0.3, -0.25) is 0 Å². The lowest BCUT2D eigenvalue weighted by molar-refractivity contribution is 0.221. The van der Waals surface area contributed by atoms with Crippen LogP contribution in [0.1, 0.15) is 41.7 Å². The molecule has 0 aromatic heterocycles. The Balaban J connectivity index is 2.01. The summed E-state index contributed by atoms with van der Waals surface area (Å²) in [4.78, 5) is 2.38. The Morgan fingerprint density at radius 2 is 1.42 bits per heavy atom. The molecule has 3 rings (SSSR count). The molecule has 0 heterocycles. The van der Waals surface area contributed by atoms with Crippen LogP contribution in [0.5, 0.6) is 11.5 Å². The topological polar surface area (TPSA) is 21.7 Å². The first kappa shape index (κ1) is 25.1. The maximum absolute atomic E-state index is 6.23. The summed E-state index contributed by atoms with van der Waals surface area (Å²) in [5, 5.41) is 0. The van der Waals surface area contributed by atoms with Gasteiger partial charge in [0.25, 0.3) is 0 Å². The zero-order valence-electron chi connectivity index (χ0n) is 20.3. The van der Waals surface area contributed by atoms with Gasteiger partial charge in [-0.25, -0.2) is 0 Å². The number of halogens is 1. The first-order valence-corrected chi connectivity index (χ1v) is 12.3. The summed E-state index contributed by atoms with van der Waals surface area (Å²) in [7, 11) is 1.69. The zero-order valence-corrected chi connectivity index (χ0v) is 21.9. The van der Waals surface area contributed by atoms with Gasteiger partial charge < -0.3 is 14.4 Å². The van der Waals surface area contributed by atoms with Gasteiger partial charge in [0.1, 0.15) is 18.1 Å². The van der Waals surface area contributed by atoms with Gasteiger partial charge in [-0.15, -0.1) is 0 Å². The first-order chi connectivity index (χ1) is 16.0. The highest BCUT2D eigenvalue weighted by atomic mass is 79.9. The minimum atomic E-state index is 0.694. The average Bonchev–Trinajstić information content (AvgIpc) is 2.84. The van der Waals surface area contributed by atoms with Crippen molar-refractivity contribution in [3.63, 3.8) is 0 Å². The minimum absolute atomic E-state index is 0.694. The summed E-state index contributed by atoms with van der Waals surface area (Å²) >= 11 is 3.92. The van der Waals surface area contributed by atoms with Crippen molar-refractivity contribution in [1.29, 1.82) is 0 Å². The molecule has 0 saturated carbocycles. The Morgan fingerprint density at radius 1 is 0.818 bits per heavy atom. The number of hydrogen-bond donors (Lipinski definition) is 0. The highest BCUT2D eigenvalue weighted by Gasteiger charge is 2.16. The van der Waals surface area contributed by atoms with Crippen LogP contribution in [0.25, 0.3) is 10.1 Å². The van der Waals surface area contributed by atoms with E-state index in [2.05, 4.69) is 97.1 Å². The molecule has 0 radical (unpaired) electrons. The third-order valence-electron chi connectivity index (χ3n) is 5.92. The van der Waals surface area contributed by atoms with Crippen LogP contribution in [0, 0.1) is 13.8 Å². The molecule has 4 heteroatoms. The number of methoxy groups -OCH3 is 1. The van der Waals surface area contributed by atoms with Crippen LogP contribution < -0.4 is 9.47 Å². The van der Waals surface area contributed by atoms with Crippen molar-refractivity contribution in [2.24, 2.45) is 0 Å². The molecule has 0 aliphatic rings. The van der Waals surface area contributed by atoms with E-state index in [0.29, 0.717) is 6.61 Å². The van der Waals surface area contributed by atoms with Gasteiger partial charge in [0, 0.05) is 16.6 Å². The molecule has 0 unspecified atom stereocenters. The smallest absolute Gasteiger partial charge is 0.125 e. The van der Waals surface area contributed by atoms with E-state index < -0.39 is 0 Å². The summed E-state index contributed by atoms with van der Waals surface area (Å²) in [6, 6.07) is 23.1. The number of hydrogen-bond acceptors (Lipinski definition) is 3. The van der Waals surface area contributed by atoms with Crippen LogP contribution in [0.3, 0.4) is 0 Å². The van der Waals surface area contributed by atoms with E-state index in [1.54, 1.807) is 7.11 Å². The predicted molar refractivity (Wildman–Crippen MR) is 143 cm³/mol. The zero-order chi connectivity index (χ0) is 23.8. The van der Waals surface area contributed by atoms with E-state index >= 15 is 0 Å². The van der Waals surface area contributed by atoms with Gasteiger partial charge in [0.2, 0.25) is 0 Å². The first-order valence-electron chi connectivity index (χ1n) is 11.5. The molecule has 0 aliphatic heterocycles. The molecule has 0 saturated heterocycles. The van der Waals surface area contributed by atoms with Crippen molar-refractivity contribution < 1.29 is 9.47 Å². The Kier molecular flexibility index (Phi) is 9.16. The van der Waals surface area contributed by atoms with Crippen molar-refractivity contribution >= 4 is 26.0 Å². The highest BCUT2D eigenvalue weighted by molar-refractivity contribution is 9.15. The molecule has 0 aliphatic carbocycles. The van der Waals surface area contributed by atoms with Gasteiger partial charge in [0.05, 0.1) is 7.11 Å². The van der Waals surface area contributed by atoms with Crippen molar-refractivity contribution in [2.45, 2.75) is 27.7 Å². The van der Waals surface area contributed by atoms with E-state index in [-0.39, 0.29) is 0 Å². The summed E-state index contributed by atoms with van der Waals surface area (Å²) in [6.07, 6.45) is 0. The monoisotopic (exact) mass is 507 g/mol. The Morgan fingerprint density at radius 3 is 1.97 bits per heavy atom. The molecule has 0 amide bonds. The molecular formula is C29H34BrNO2. The second-order valence-corrected chi connectivity index (χ2v) is 8.89. The summed E-state index contributed by atoms with van der Waals surface area (Å²) in [5.74, 6) is 1.83. The number of nitrogens with zero attached hydrogens (tertiary/aromatic N) is 1. The third kappa shape index (κ3) is 6.27. The minimum Gasteiger partial charge on any atom is -0.497 e. The Bertz CT molecular complexity index is 1050. The fourth-order valence-electron chi connectivity index (χ4n) is 4.05. The molecule has 3 aromatic rings. The molecule has 0 atom stereocenters. The lowest BCUT2D eigenvalue weighted by Gasteiger charge is -2.20. The third-order valence-corrected chi connectivity index (χ3v) is 6.78. The second-order valence-electron chi connectivity index (χ2n) is 8.10. The van der Waals surface area contributed by atoms with Gasteiger partial charge in [-0.05, 0) is 94.9 Å². The normalized spacial score (nSPS) is 12.0. The number of rotatable bonds is 10. The van der Waals surface area contributed by atoms with Crippen molar-refractivity contribution in [3.05, 3.63) is 94.5 Å². The van der Waals surface area contributed by atoms with Crippen LogP contribution in [-0.4, -0.2) is 38.3 Å². The van der Waals surface area contributed by atoms with Crippen molar-refractivity contribution in [2.75, 3.05) is 33.4 Å². The lowest BCUT2D eigenvalue weighted by Crippen LogP contribution is -2.28. The number of benzene rings is 3. The quantitative estimate of drug-likeness (QED) is 0.268. The molecule has 33 heavy (non-hydrogen) atoms. The van der Waals surface area contributed by atoms with E-state index in [1.165, 1.54) is 0 Å².